The smallest absolute Gasteiger partial charge is 0.229 e. The molecule has 114 valence electrons. The molecule has 1 aromatic carbocycles. The molecule has 0 spiro atoms. The maximum Gasteiger partial charge on any atom is 0.229 e. The van der Waals surface area contributed by atoms with Crippen LogP contribution in [0.3, 0.4) is 0 Å². The number of nitrogens with one attached hydrogen (secondary N) is 2. The van der Waals surface area contributed by atoms with Crippen molar-refractivity contribution in [3.8, 4) is 0 Å². The van der Waals surface area contributed by atoms with Gasteiger partial charge in [-0.1, -0.05) is 23.2 Å². The lowest BCUT2D eigenvalue weighted by molar-refractivity contribution is 0.607. The van der Waals surface area contributed by atoms with Crippen LogP contribution in [-0.4, -0.2) is 14.7 Å². The van der Waals surface area contributed by atoms with Crippen LogP contribution < -0.4 is 10.0 Å². The van der Waals surface area contributed by atoms with Crippen molar-refractivity contribution in [3.63, 3.8) is 0 Å². The van der Waals surface area contributed by atoms with Crippen LogP contribution in [0.25, 0.3) is 0 Å². The van der Waals surface area contributed by atoms with Crippen LogP contribution in [0.2, 0.25) is 8.67 Å². The molecule has 0 aliphatic carbocycles. The number of benzene rings is 1. The maximum absolute atomic E-state index is 11.1. The van der Waals surface area contributed by atoms with Crippen molar-refractivity contribution < 1.29 is 8.42 Å². The molecular weight excluding hydrogens is 351 g/mol. The van der Waals surface area contributed by atoms with Gasteiger partial charge in [-0.3, -0.25) is 4.72 Å². The Labute approximate surface area is 138 Å². The molecule has 0 saturated carbocycles. The Kier molecular flexibility index (Phi) is 5.03. The minimum absolute atomic E-state index is 0.00466. The van der Waals surface area contributed by atoms with Crippen LogP contribution in [0.4, 0.5) is 11.4 Å². The van der Waals surface area contributed by atoms with Crippen molar-refractivity contribution in [2.75, 3.05) is 16.3 Å². The average molecular weight is 365 g/mol. The van der Waals surface area contributed by atoms with E-state index in [1.807, 2.05) is 13.0 Å². The molecule has 0 bridgehead atoms. The van der Waals surface area contributed by atoms with E-state index in [1.165, 1.54) is 11.3 Å². The fraction of sp³-hybridized carbons (Fsp3) is 0.231. The summed E-state index contributed by atoms with van der Waals surface area (Å²) in [6.45, 7) is 1.98. The normalized spacial score (nSPS) is 13.0. The molecule has 0 radical (unpaired) electrons. The zero-order valence-corrected chi connectivity index (χ0v) is 14.5. The number of rotatable bonds is 5. The van der Waals surface area contributed by atoms with Gasteiger partial charge in [0, 0.05) is 16.9 Å². The maximum atomic E-state index is 11.1. The molecule has 0 aliphatic rings. The molecule has 1 heterocycles. The molecule has 0 fully saturated rings. The van der Waals surface area contributed by atoms with Gasteiger partial charge in [-0.05, 0) is 37.3 Å². The summed E-state index contributed by atoms with van der Waals surface area (Å²) < 4.78 is 26.0. The third-order valence-electron chi connectivity index (χ3n) is 2.72. The minimum atomic E-state index is -3.26. The Morgan fingerprint density at radius 3 is 2.19 bits per heavy atom. The largest absolute Gasteiger partial charge is 0.378 e. The second-order valence-electron chi connectivity index (χ2n) is 4.60. The van der Waals surface area contributed by atoms with E-state index in [0.717, 1.165) is 17.5 Å². The van der Waals surface area contributed by atoms with E-state index in [1.54, 1.807) is 24.3 Å². The van der Waals surface area contributed by atoms with E-state index in [2.05, 4.69) is 10.0 Å². The van der Waals surface area contributed by atoms with Gasteiger partial charge in [0.15, 0.2) is 0 Å². The Bertz CT molecular complexity index is 727. The van der Waals surface area contributed by atoms with Gasteiger partial charge in [-0.25, -0.2) is 8.42 Å². The fourth-order valence-electron chi connectivity index (χ4n) is 1.82. The lowest BCUT2D eigenvalue weighted by Gasteiger charge is -2.15. The molecule has 21 heavy (non-hydrogen) atoms. The predicted octanol–water partition coefficient (Wildman–Crippen LogP) is 4.60. The molecule has 0 aliphatic heterocycles. The monoisotopic (exact) mass is 364 g/mol. The van der Waals surface area contributed by atoms with Crippen molar-refractivity contribution in [2.24, 2.45) is 0 Å². The van der Waals surface area contributed by atoms with Crippen LogP contribution in [0, 0.1) is 0 Å². The van der Waals surface area contributed by atoms with Crippen LogP contribution in [0.5, 0.6) is 0 Å². The van der Waals surface area contributed by atoms with Crippen molar-refractivity contribution in [1.82, 2.24) is 0 Å². The van der Waals surface area contributed by atoms with Gasteiger partial charge in [-0.15, -0.1) is 11.3 Å². The van der Waals surface area contributed by atoms with Gasteiger partial charge >= 0.3 is 0 Å². The predicted molar refractivity (Wildman–Crippen MR) is 91.3 cm³/mol. The molecule has 2 rings (SSSR count). The summed E-state index contributed by atoms with van der Waals surface area (Å²) in [7, 11) is -3.26. The van der Waals surface area contributed by atoms with E-state index in [0.29, 0.717) is 14.4 Å². The Hall–Kier alpha value is -0.950. The average Bonchev–Trinajstić information content (AvgIpc) is 2.69. The number of sulfonamides is 1. The standard InChI is InChI=1S/C13H14Cl2N2O2S2/c1-8(11-7-12(14)20-13(11)15)16-9-3-5-10(6-4-9)17-21(2,18)19/h3-8,16-17H,1-2H3. The summed E-state index contributed by atoms with van der Waals surface area (Å²) in [5.74, 6) is 0. The molecular formula is C13H14Cl2N2O2S2. The fourth-order valence-corrected chi connectivity index (χ4v) is 4.03. The molecule has 2 aromatic rings. The van der Waals surface area contributed by atoms with E-state index in [-0.39, 0.29) is 6.04 Å². The highest BCUT2D eigenvalue weighted by Gasteiger charge is 2.13. The van der Waals surface area contributed by atoms with Crippen molar-refractivity contribution in [2.45, 2.75) is 13.0 Å². The summed E-state index contributed by atoms with van der Waals surface area (Å²) >= 11 is 13.4. The number of hydrogen-bond donors (Lipinski definition) is 2. The molecule has 4 nitrogen and oxygen atoms in total. The van der Waals surface area contributed by atoms with Crippen LogP contribution >= 0.6 is 34.5 Å². The lowest BCUT2D eigenvalue weighted by atomic mass is 10.1. The van der Waals surface area contributed by atoms with Gasteiger partial charge < -0.3 is 5.32 Å². The minimum Gasteiger partial charge on any atom is -0.378 e. The number of halogens is 2. The second-order valence-corrected chi connectivity index (χ2v) is 8.63. The van der Waals surface area contributed by atoms with Crippen LogP contribution in [-0.2, 0) is 10.0 Å². The molecule has 0 amide bonds. The van der Waals surface area contributed by atoms with Gasteiger partial charge in [0.25, 0.3) is 0 Å². The first-order valence-corrected chi connectivity index (χ1v) is 9.50. The molecule has 1 atom stereocenters. The van der Waals surface area contributed by atoms with E-state index >= 15 is 0 Å². The van der Waals surface area contributed by atoms with Gasteiger partial charge in [0.05, 0.1) is 21.0 Å². The highest BCUT2D eigenvalue weighted by molar-refractivity contribution is 7.92. The molecule has 0 saturated heterocycles. The Morgan fingerprint density at radius 1 is 1.14 bits per heavy atom. The highest BCUT2D eigenvalue weighted by atomic mass is 35.5. The van der Waals surface area contributed by atoms with Gasteiger partial charge in [-0.2, -0.15) is 0 Å². The quantitative estimate of drug-likeness (QED) is 0.814. The van der Waals surface area contributed by atoms with Crippen molar-refractivity contribution in [3.05, 3.63) is 44.6 Å². The first-order chi connectivity index (χ1) is 9.74. The highest BCUT2D eigenvalue weighted by Crippen LogP contribution is 2.36. The summed E-state index contributed by atoms with van der Waals surface area (Å²) in [5, 5.41) is 3.29. The van der Waals surface area contributed by atoms with Crippen LogP contribution in [0.15, 0.2) is 30.3 Å². The molecule has 8 heteroatoms. The number of hydrogen-bond acceptors (Lipinski definition) is 4. The van der Waals surface area contributed by atoms with Gasteiger partial charge in [0.1, 0.15) is 0 Å². The second kappa shape index (κ2) is 6.44. The van der Waals surface area contributed by atoms with E-state index in [4.69, 9.17) is 23.2 Å². The first kappa shape index (κ1) is 16.4. The molecule has 2 N–H and O–H groups in total. The summed E-state index contributed by atoms with van der Waals surface area (Å²) in [6, 6.07) is 8.81. The molecule has 1 aromatic heterocycles. The zero-order chi connectivity index (χ0) is 15.6. The van der Waals surface area contributed by atoms with Crippen molar-refractivity contribution in [1.29, 1.82) is 0 Å². The first-order valence-electron chi connectivity index (χ1n) is 6.04. The topological polar surface area (TPSA) is 58.2 Å². The number of thiophene rings is 1. The summed E-state index contributed by atoms with van der Waals surface area (Å²) in [4.78, 5) is 0. The Balaban J connectivity index is 2.08. The summed E-state index contributed by atoms with van der Waals surface area (Å²) in [5.41, 5.74) is 2.32. The molecule has 1 unspecified atom stereocenters. The Morgan fingerprint density at radius 2 is 1.71 bits per heavy atom. The van der Waals surface area contributed by atoms with E-state index < -0.39 is 10.0 Å². The van der Waals surface area contributed by atoms with Gasteiger partial charge in [0.2, 0.25) is 10.0 Å². The third-order valence-corrected chi connectivity index (χ3v) is 4.85. The lowest BCUT2D eigenvalue weighted by Crippen LogP contribution is -2.10. The van der Waals surface area contributed by atoms with Crippen LogP contribution in [0.1, 0.15) is 18.5 Å². The zero-order valence-electron chi connectivity index (χ0n) is 11.4. The SMILES string of the molecule is CC(Nc1ccc(NS(C)(=O)=O)cc1)c1cc(Cl)sc1Cl. The van der Waals surface area contributed by atoms with E-state index in [9.17, 15) is 8.42 Å². The third kappa shape index (κ3) is 4.78. The summed E-state index contributed by atoms with van der Waals surface area (Å²) in [6.07, 6.45) is 1.11. The van der Waals surface area contributed by atoms with Crippen molar-refractivity contribution >= 4 is 55.9 Å². The number of anilines is 2.